The highest BCUT2D eigenvalue weighted by Crippen LogP contribution is 1.95. The van der Waals surface area contributed by atoms with Crippen LogP contribution in [0.3, 0.4) is 0 Å². The van der Waals surface area contributed by atoms with E-state index in [1.165, 1.54) is 10.9 Å². The molecule has 0 aliphatic rings. The summed E-state index contributed by atoms with van der Waals surface area (Å²) >= 11 is 0. The molecule has 0 spiro atoms. The largest absolute Gasteiger partial charge is 0.334 e. The van der Waals surface area contributed by atoms with Gasteiger partial charge in [0.05, 0.1) is 5.69 Å². The number of rotatable bonds is 3. The highest BCUT2D eigenvalue weighted by molar-refractivity contribution is 5.76. The lowest BCUT2D eigenvalue weighted by Gasteiger charge is -2.01. The zero-order valence-electron chi connectivity index (χ0n) is 9.15. The standard InChI is InChI=1S/C12H12N4O/c17-12(16-9-8-13-10-16)15-7-3-5-11-4-1-2-6-14-11/h1-6,8-10H,7H2,(H,15,17). The molecular weight excluding hydrogens is 216 g/mol. The van der Waals surface area contributed by atoms with Crippen LogP contribution in [-0.4, -0.2) is 27.1 Å². The first-order chi connectivity index (χ1) is 8.36. The summed E-state index contributed by atoms with van der Waals surface area (Å²) in [7, 11) is 0. The lowest BCUT2D eigenvalue weighted by atomic mass is 10.3. The smallest absolute Gasteiger partial charge is 0.327 e. The molecule has 2 aromatic rings. The maximum atomic E-state index is 11.5. The molecule has 5 nitrogen and oxygen atoms in total. The van der Waals surface area contributed by atoms with Crippen LogP contribution in [0.25, 0.3) is 6.08 Å². The molecule has 2 aromatic heterocycles. The highest BCUT2D eigenvalue weighted by Gasteiger charge is 1.99. The fraction of sp³-hybridized carbons (Fsp3) is 0.0833. The summed E-state index contributed by atoms with van der Waals surface area (Å²) in [6.07, 6.45) is 10.0. The quantitative estimate of drug-likeness (QED) is 0.867. The Bertz CT molecular complexity index is 490. The summed E-state index contributed by atoms with van der Waals surface area (Å²) in [4.78, 5) is 19.4. The van der Waals surface area contributed by atoms with Gasteiger partial charge in [-0.25, -0.2) is 9.78 Å². The lowest BCUT2D eigenvalue weighted by Crippen LogP contribution is -2.27. The Kier molecular flexibility index (Phi) is 3.64. The van der Waals surface area contributed by atoms with E-state index in [2.05, 4.69) is 15.3 Å². The predicted molar refractivity (Wildman–Crippen MR) is 64.3 cm³/mol. The van der Waals surface area contributed by atoms with Gasteiger partial charge in [-0.1, -0.05) is 12.1 Å². The van der Waals surface area contributed by atoms with Gasteiger partial charge in [-0.3, -0.25) is 9.55 Å². The number of carbonyl (C=O) groups is 1. The van der Waals surface area contributed by atoms with Gasteiger partial charge >= 0.3 is 6.03 Å². The number of carbonyl (C=O) groups excluding carboxylic acids is 1. The molecule has 0 atom stereocenters. The summed E-state index contributed by atoms with van der Waals surface area (Å²) in [6.45, 7) is 0.452. The van der Waals surface area contributed by atoms with E-state index in [9.17, 15) is 4.79 Å². The van der Waals surface area contributed by atoms with Gasteiger partial charge in [0.2, 0.25) is 0 Å². The average molecular weight is 228 g/mol. The minimum Gasteiger partial charge on any atom is -0.334 e. The van der Waals surface area contributed by atoms with Crippen LogP contribution in [0.4, 0.5) is 4.79 Å². The molecule has 0 unspecified atom stereocenters. The second-order valence-electron chi connectivity index (χ2n) is 3.31. The molecule has 0 saturated carbocycles. The van der Waals surface area contributed by atoms with E-state index >= 15 is 0 Å². The molecule has 0 aliphatic heterocycles. The first-order valence-electron chi connectivity index (χ1n) is 5.20. The average Bonchev–Trinajstić information content (AvgIpc) is 2.89. The second-order valence-corrected chi connectivity index (χ2v) is 3.31. The molecule has 86 valence electrons. The molecule has 5 heteroatoms. The van der Waals surface area contributed by atoms with Crippen LogP contribution in [0.2, 0.25) is 0 Å². The monoisotopic (exact) mass is 228 g/mol. The normalized spacial score (nSPS) is 10.6. The van der Waals surface area contributed by atoms with Gasteiger partial charge < -0.3 is 5.32 Å². The fourth-order valence-electron chi connectivity index (χ4n) is 1.27. The van der Waals surface area contributed by atoms with E-state index in [1.54, 1.807) is 18.6 Å². The Labute approximate surface area is 98.8 Å². The van der Waals surface area contributed by atoms with Crippen LogP contribution in [0.1, 0.15) is 5.69 Å². The van der Waals surface area contributed by atoms with Gasteiger partial charge in [0.25, 0.3) is 0 Å². The molecule has 17 heavy (non-hydrogen) atoms. The van der Waals surface area contributed by atoms with Crippen molar-refractivity contribution in [3.63, 3.8) is 0 Å². The Morgan fingerprint density at radius 1 is 1.41 bits per heavy atom. The Balaban J connectivity index is 1.80. The molecule has 2 heterocycles. The first-order valence-corrected chi connectivity index (χ1v) is 5.20. The third-order valence-electron chi connectivity index (χ3n) is 2.09. The minimum atomic E-state index is -0.201. The molecular formula is C12H12N4O. The van der Waals surface area contributed by atoms with E-state index in [-0.39, 0.29) is 6.03 Å². The van der Waals surface area contributed by atoms with Crippen molar-refractivity contribution < 1.29 is 4.79 Å². The number of imidazole rings is 1. The number of nitrogens with zero attached hydrogens (tertiary/aromatic N) is 3. The zero-order valence-corrected chi connectivity index (χ0v) is 9.15. The van der Waals surface area contributed by atoms with E-state index in [0.29, 0.717) is 6.54 Å². The van der Waals surface area contributed by atoms with Gasteiger partial charge in [0.15, 0.2) is 0 Å². The maximum absolute atomic E-state index is 11.5. The second kappa shape index (κ2) is 5.60. The van der Waals surface area contributed by atoms with E-state index in [0.717, 1.165) is 5.69 Å². The van der Waals surface area contributed by atoms with Gasteiger partial charge in [-0.05, 0) is 18.2 Å². The number of nitrogens with one attached hydrogen (secondary N) is 1. The molecule has 0 bridgehead atoms. The van der Waals surface area contributed by atoms with Crippen LogP contribution in [-0.2, 0) is 0 Å². The van der Waals surface area contributed by atoms with Crippen molar-refractivity contribution in [1.29, 1.82) is 0 Å². The Hall–Kier alpha value is -2.43. The fourth-order valence-corrected chi connectivity index (χ4v) is 1.27. The van der Waals surface area contributed by atoms with Crippen molar-refractivity contribution in [1.82, 2.24) is 19.9 Å². The van der Waals surface area contributed by atoms with Crippen molar-refractivity contribution in [3.05, 3.63) is 54.9 Å². The molecule has 0 aliphatic carbocycles. The van der Waals surface area contributed by atoms with Crippen molar-refractivity contribution >= 4 is 12.1 Å². The van der Waals surface area contributed by atoms with Gasteiger partial charge in [0, 0.05) is 25.1 Å². The van der Waals surface area contributed by atoms with Crippen LogP contribution in [0.15, 0.2) is 49.2 Å². The minimum absolute atomic E-state index is 0.201. The molecule has 1 N–H and O–H groups in total. The van der Waals surface area contributed by atoms with Crippen molar-refractivity contribution in [2.45, 2.75) is 0 Å². The predicted octanol–water partition coefficient (Wildman–Crippen LogP) is 1.55. The summed E-state index contributed by atoms with van der Waals surface area (Å²) in [6, 6.07) is 5.47. The number of hydrogen-bond acceptors (Lipinski definition) is 3. The van der Waals surface area contributed by atoms with Crippen LogP contribution in [0.5, 0.6) is 0 Å². The van der Waals surface area contributed by atoms with Gasteiger partial charge in [-0.2, -0.15) is 0 Å². The Morgan fingerprint density at radius 3 is 3.06 bits per heavy atom. The molecule has 0 aromatic carbocycles. The molecule has 0 saturated heterocycles. The van der Waals surface area contributed by atoms with Crippen molar-refractivity contribution in [2.24, 2.45) is 0 Å². The zero-order chi connectivity index (χ0) is 11.9. The number of aromatic nitrogens is 3. The topological polar surface area (TPSA) is 59.8 Å². The summed E-state index contributed by atoms with van der Waals surface area (Å²) in [5, 5.41) is 2.72. The molecule has 1 amide bonds. The summed E-state index contributed by atoms with van der Waals surface area (Å²) in [5.74, 6) is 0. The van der Waals surface area contributed by atoms with E-state index < -0.39 is 0 Å². The van der Waals surface area contributed by atoms with Crippen LogP contribution in [0, 0.1) is 0 Å². The number of amides is 1. The molecule has 2 rings (SSSR count). The molecule has 0 radical (unpaired) electrons. The highest BCUT2D eigenvalue weighted by atomic mass is 16.2. The lowest BCUT2D eigenvalue weighted by molar-refractivity contribution is 0.243. The van der Waals surface area contributed by atoms with Crippen molar-refractivity contribution in [3.8, 4) is 0 Å². The first kappa shape index (κ1) is 11.1. The number of hydrogen-bond donors (Lipinski definition) is 1. The third-order valence-corrected chi connectivity index (χ3v) is 2.09. The van der Waals surface area contributed by atoms with E-state index in [4.69, 9.17) is 0 Å². The molecule has 0 fully saturated rings. The maximum Gasteiger partial charge on any atom is 0.327 e. The van der Waals surface area contributed by atoms with Crippen LogP contribution < -0.4 is 5.32 Å². The summed E-state index contributed by atoms with van der Waals surface area (Å²) in [5.41, 5.74) is 0.865. The van der Waals surface area contributed by atoms with Gasteiger partial charge in [0.1, 0.15) is 6.33 Å². The van der Waals surface area contributed by atoms with Crippen LogP contribution >= 0.6 is 0 Å². The number of pyridine rings is 1. The van der Waals surface area contributed by atoms with Gasteiger partial charge in [-0.15, -0.1) is 0 Å². The Morgan fingerprint density at radius 2 is 2.35 bits per heavy atom. The SMILES string of the molecule is O=C(NCC=Cc1ccccn1)n1ccnc1. The third kappa shape index (κ3) is 3.27. The summed E-state index contributed by atoms with van der Waals surface area (Å²) < 4.78 is 1.38. The van der Waals surface area contributed by atoms with E-state index in [1.807, 2.05) is 30.4 Å². The van der Waals surface area contributed by atoms with Crippen molar-refractivity contribution in [2.75, 3.05) is 6.54 Å².